The summed E-state index contributed by atoms with van der Waals surface area (Å²) in [5, 5.41) is 6.72. The zero-order valence-corrected chi connectivity index (χ0v) is 20.7. The fourth-order valence-corrected chi connectivity index (χ4v) is 4.85. The molecule has 0 atom stereocenters. The smallest absolute Gasteiger partial charge is 0.256 e. The number of ether oxygens (including phenoxy) is 1. The fourth-order valence-electron chi connectivity index (χ4n) is 4.85. The molecule has 1 saturated heterocycles. The number of nitrogens with two attached hydrogens (primary N) is 2. The highest BCUT2D eigenvalue weighted by atomic mass is 16.5. The average molecular weight is 500 g/mol. The van der Waals surface area contributed by atoms with Gasteiger partial charge in [0.15, 0.2) is 5.65 Å². The van der Waals surface area contributed by atoms with Crippen LogP contribution in [0.3, 0.4) is 0 Å². The van der Waals surface area contributed by atoms with Crippen molar-refractivity contribution in [2.75, 3.05) is 31.2 Å². The van der Waals surface area contributed by atoms with Gasteiger partial charge in [-0.05, 0) is 74.2 Å². The minimum absolute atomic E-state index is 0.0795. The average Bonchev–Trinajstić information content (AvgIpc) is 2.89. The molecule has 1 aliphatic rings. The standard InChI is InChI=1S/C27H29N7O3/c1-15-4-3-5-18(12-15)34-24(28)22(25(29)36)23(35)19-14-31-27(33-26(19)34)32-20-7-6-17(13-21(20)37-2)16-8-10-30-11-9-16/h3-7,12-14,16,30H,8-11,28H2,1-2H3,(H2,29,36)(H,31,32,33). The molecule has 0 radical (unpaired) electrons. The highest BCUT2D eigenvalue weighted by Gasteiger charge is 2.22. The number of carbonyl (C=O) groups excluding carboxylic acids is 1. The molecule has 190 valence electrons. The van der Waals surface area contributed by atoms with Crippen molar-refractivity contribution >= 4 is 34.4 Å². The van der Waals surface area contributed by atoms with Crippen LogP contribution < -0.4 is 32.3 Å². The van der Waals surface area contributed by atoms with Crippen LogP contribution in [0.5, 0.6) is 5.75 Å². The van der Waals surface area contributed by atoms with Gasteiger partial charge in [0, 0.05) is 11.9 Å². The topological polar surface area (TPSA) is 150 Å². The quantitative estimate of drug-likeness (QED) is 0.316. The molecule has 3 heterocycles. The zero-order chi connectivity index (χ0) is 26.1. The van der Waals surface area contributed by atoms with Gasteiger partial charge < -0.3 is 26.8 Å². The summed E-state index contributed by atoms with van der Waals surface area (Å²) in [6, 6.07) is 13.6. The van der Waals surface area contributed by atoms with Crippen LogP contribution in [-0.4, -0.2) is 40.6 Å². The first kappa shape index (κ1) is 24.3. The molecule has 1 aliphatic heterocycles. The summed E-state index contributed by atoms with van der Waals surface area (Å²) in [4.78, 5) is 34.2. The van der Waals surface area contributed by atoms with Crippen molar-refractivity contribution in [1.29, 1.82) is 0 Å². The Balaban J connectivity index is 1.61. The van der Waals surface area contributed by atoms with Gasteiger partial charge in [-0.15, -0.1) is 0 Å². The summed E-state index contributed by atoms with van der Waals surface area (Å²) in [5.74, 6) is 0.398. The van der Waals surface area contributed by atoms with Gasteiger partial charge in [-0.2, -0.15) is 4.98 Å². The van der Waals surface area contributed by atoms with Gasteiger partial charge in [-0.25, -0.2) is 4.98 Å². The van der Waals surface area contributed by atoms with Crippen molar-refractivity contribution in [1.82, 2.24) is 19.9 Å². The van der Waals surface area contributed by atoms with E-state index in [4.69, 9.17) is 16.2 Å². The van der Waals surface area contributed by atoms with Crippen LogP contribution in [0.1, 0.15) is 40.2 Å². The number of amides is 1. The van der Waals surface area contributed by atoms with E-state index in [0.717, 1.165) is 31.5 Å². The molecule has 1 amide bonds. The van der Waals surface area contributed by atoms with E-state index in [0.29, 0.717) is 23.0 Å². The summed E-state index contributed by atoms with van der Waals surface area (Å²) < 4.78 is 7.21. The van der Waals surface area contributed by atoms with Crippen LogP contribution in [0.4, 0.5) is 17.5 Å². The lowest BCUT2D eigenvalue weighted by molar-refractivity contribution is 0.1000. The van der Waals surface area contributed by atoms with E-state index < -0.39 is 11.3 Å². The number of nitrogen functional groups attached to an aromatic ring is 1. The number of hydrogen-bond donors (Lipinski definition) is 4. The van der Waals surface area contributed by atoms with Crippen LogP contribution >= 0.6 is 0 Å². The third-order valence-corrected chi connectivity index (χ3v) is 6.74. The Kier molecular flexibility index (Phi) is 6.49. The SMILES string of the molecule is COc1cc(C2CCNCC2)ccc1Nc1ncc2c(=O)c(C(N)=O)c(N)n(-c3cccc(C)c3)c2n1. The van der Waals surface area contributed by atoms with Gasteiger partial charge >= 0.3 is 0 Å². The van der Waals surface area contributed by atoms with Crippen molar-refractivity contribution in [3.05, 3.63) is 75.6 Å². The number of carbonyl (C=O) groups is 1. The molecule has 4 aromatic rings. The number of benzene rings is 2. The summed E-state index contributed by atoms with van der Waals surface area (Å²) in [5.41, 5.74) is 14.7. The van der Waals surface area contributed by atoms with E-state index in [1.165, 1.54) is 11.8 Å². The molecule has 10 heteroatoms. The second kappa shape index (κ2) is 9.90. The second-order valence-electron chi connectivity index (χ2n) is 9.17. The first-order valence-corrected chi connectivity index (χ1v) is 12.1. The number of piperidine rings is 1. The minimum Gasteiger partial charge on any atom is -0.495 e. The third-order valence-electron chi connectivity index (χ3n) is 6.74. The van der Waals surface area contributed by atoms with E-state index in [2.05, 4.69) is 26.7 Å². The fraction of sp³-hybridized carbons (Fsp3) is 0.259. The Morgan fingerprint density at radius 1 is 1.19 bits per heavy atom. The predicted octanol–water partition coefficient (Wildman–Crippen LogP) is 2.99. The maximum Gasteiger partial charge on any atom is 0.256 e. The number of nitrogens with zero attached hydrogens (tertiary/aromatic N) is 3. The molecule has 1 fully saturated rings. The molecule has 0 aliphatic carbocycles. The number of anilines is 3. The lowest BCUT2D eigenvalue weighted by Crippen LogP contribution is -2.27. The lowest BCUT2D eigenvalue weighted by atomic mass is 9.90. The molecule has 2 aromatic heterocycles. The Hall–Kier alpha value is -4.44. The summed E-state index contributed by atoms with van der Waals surface area (Å²) in [7, 11) is 1.62. The van der Waals surface area contributed by atoms with Crippen LogP contribution in [0.15, 0.2) is 53.5 Å². The van der Waals surface area contributed by atoms with Gasteiger partial charge in [0.2, 0.25) is 11.4 Å². The summed E-state index contributed by atoms with van der Waals surface area (Å²) in [6.07, 6.45) is 3.53. The monoisotopic (exact) mass is 499 g/mol. The Morgan fingerprint density at radius 2 is 1.97 bits per heavy atom. The van der Waals surface area contributed by atoms with Crippen LogP contribution in [0, 0.1) is 6.92 Å². The highest BCUT2D eigenvalue weighted by Crippen LogP contribution is 2.34. The first-order chi connectivity index (χ1) is 17.9. The number of nitrogens with one attached hydrogen (secondary N) is 2. The molecule has 37 heavy (non-hydrogen) atoms. The van der Waals surface area contributed by atoms with Gasteiger partial charge in [0.1, 0.15) is 17.1 Å². The number of hydrogen-bond acceptors (Lipinski definition) is 8. The van der Waals surface area contributed by atoms with Crippen molar-refractivity contribution < 1.29 is 9.53 Å². The van der Waals surface area contributed by atoms with Crippen LogP contribution in [0.25, 0.3) is 16.7 Å². The van der Waals surface area contributed by atoms with Crippen molar-refractivity contribution in [3.63, 3.8) is 0 Å². The van der Waals surface area contributed by atoms with Crippen LogP contribution in [0.2, 0.25) is 0 Å². The number of fused-ring (bicyclic) bond motifs is 1. The third kappa shape index (κ3) is 4.58. The Labute approximate surface area is 213 Å². The minimum atomic E-state index is -0.911. The van der Waals surface area contributed by atoms with Gasteiger partial charge in [0.05, 0.1) is 18.2 Å². The van der Waals surface area contributed by atoms with Crippen LogP contribution in [-0.2, 0) is 0 Å². The molecule has 0 saturated carbocycles. The molecule has 0 spiro atoms. The van der Waals surface area contributed by atoms with Gasteiger partial charge in [-0.3, -0.25) is 14.2 Å². The molecular weight excluding hydrogens is 470 g/mol. The maximum atomic E-state index is 13.1. The van der Waals surface area contributed by atoms with E-state index in [9.17, 15) is 9.59 Å². The second-order valence-corrected chi connectivity index (χ2v) is 9.17. The molecule has 6 N–H and O–H groups in total. The number of aromatic nitrogens is 3. The molecule has 0 unspecified atom stereocenters. The van der Waals surface area contributed by atoms with E-state index in [1.807, 2.05) is 43.3 Å². The largest absolute Gasteiger partial charge is 0.495 e. The Morgan fingerprint density at radius 3 is 2.68 bits per heavy atom. The van der Waals surface area contributed by atoms with Gasteiger partial charge in [0.25, 0.3) is 5.91 Å². The molecule has 0 bridgehead atoms. The highest BCUT2D eigenvalue weighted by molar-refractivity contribution is 6.01. The number of pyridine rings is 1. The number of aryl methyl sites for hydroxylation is 1. The maximum absolute atomic E-state index is 13.1. The predicted molar refractivity (Wildman–Crippen MR) is 144 cm³/mol. The number of rotatable bonds is 6. The lowest BCUT2D eigenvalue weighted by Gasteiger charge is -2.24. The summed E-state index contributed by atoms with van der Waals surface area (Å²) in [6.45, 7) is 3.93. The van der Waals surface area contributed by atoms with E-state index in [-0.39, 0.29) is 28.4 Å². The number of methoxy groups -OCH3 is 1. The van der Waals surface area contributed by atoms with Crippen molar-refractivity contribution in [2.24, 2.45) is 5.73 Å². The summed E-state index contributed by atoms with van der Waals surface area (Å²) >= 11 is 0. The molecule has 10 nitrogen and oxygen atoms in total. The normalized spacial score (nSPS) is 14.0. The molecule has 5 rings (SSSR count). The van der Waals surface area contributed by atoms with E-state index >= 15 is 0 Å². The zero-order valence-electron chi connectivity index (χ0n) is 20.7. The first-order valence-electron chi connectivity index (χ1n) is 12.1. The molecular formula is C27H29N7O3. The van der Waals surface area contributed by atoms with Crippen molar-refractivity contribution in [2.45, 2.75) is 25.7 Å². The van der Waals surface area contributed by atoms with Gasteiger partial charge in [-0.1, -0.05) is 18.2 Å². The Bertz CT molecular complexity index is 1560. The number of primary amides is 1. The van der Waals surface area contributed by atoms with Crippen molar-refractivity contribution in [3.8, 4) is 11.4 Å². The molecule has 2 aromatic carbocycles. The van der Waals surface area contributed by atoms with E-state index in [1.54, 1.807) is 11.7 Å².